The molecule has 17 heavy (non-hydrogen) atoms. The van der Waals surface area contributed by atoms with Gasteiger partial charge in [0, 0.05) is 19.4 Å². The Bertz CT molecular complexity index is 343. The van der Waals surface area contributed by atoms with Crippen molar-refractivity contribution >= 4 is 11.9 Å². The molecule has 1 unspecified atom stereocenters. The molecule has 1 heterocycles. The van der Waals surface area contributed by atoms with Crippen LogP contribution in [0, 0.1) is 0 Å². The highest BCUT2D eigenvalue weighted by molar-refractivity contribution is 5.91. The summed E-state index contributed by atoms with van der Waals surface area (Å²) in [5, 5.41) is 0. The van der Waals surface area contributed by atoms with E-state index < -0.39 is 11.9 Å². The molecule has 0 aromatic carbocycles. The summed E-state index contributed by atoms with van der Waals surface area (Å²) in [6.07, 6.45) is 5.49. The molecule has 1 aliphatic rings. The van der Waals surface area contributed by atoms with E-state index in [9.17, 15) is 9.59 Å². The molecule has 1 fully saturated rings. The average Bonchev–Trinajstić information content (AvgIpc) is 2.57. The first kappa shape index (κ1) is 13.6. The molecular formula is C13H18O4. The topological polar surface area (TPSA) is 52.6 Å². The van der Waals surface area contributed by atoms with Crippen molar-refractivity contribution in [1.29, 1.82) is 0 Å². The van der Waals surface area contributed by atoms with Gasteiger partial charge in [-0.15, -0.1) is 0 Å². The number of hydrogen-bond acceptors (Lipinski definition) is 4. The minimum absolute atomic E-state index is 0.0819. The predicted molar refractivity (Wildman–Crippen MR) is 63.2 cm³/mol. The summed E-state index contributed by atoms with van der Waals surface area (Å²) in [6, 6.07) is 0. The van der Waals surface area contributed by atoms with Crippen molar-refractivity contribution in [3.8, 4) is 0 Å². The van der Waals surface area contributed by atoms with Gasteiger partial charge in [0.25, 0.3) is 0 Å². The van der Waals surface area contributed by atoms with Crippen LogP contribution in [0.3, 0.4) is 0 Å². The summed E-state index contributed by atoms with van der Waals surface area (Å²) in [5.74, 6) is -1.27. The molecular weight excluding hydrogens is 220 g/mol. The molecule has 2 atom stereocenters. The Kier molecular flexibility index (Phi) is 5.10. The monoisotopic (exact) mass is 238 g/mol. The zero-order chi connectivity index (χ0) is 12.8. The molecule has 0 aromatic heterocycles. The van der Waals surface area contributed by atoms with Gasteiger partial charge in [-0.3, -0.25) is 4.79 Å². The molecule has 0 spiro atoms. The Labute approximate surface area is 101 Å². The quantitative estimate of drug-likeness (QED) is 0.326. The van der Waals surface area contributed by atoms with E-state index in [0.717, 1.165) is 18.4 Å². The molecule has 0 N–H and O–H groups in total. The second kappa shape index (κ2) is 6.35. The number of esters is 2. The second-order valence-electron chi connectivity index (χ2n) is 4.09. The van der Waals surface area contributed by atoms with Crippen molar-refractivity contribution in [2.24, 2.45) is 0 Å². The molecule has 1 rings (SSSR count). The predicted octanol–water partition coefficient (Wildman–Crippen LogP) is 2.15. The molecule has 0 saturated carbocycles. The number of ether oxygens (including phenoxy) is 2. The maximum Gasteiger partial charge on any atom is 0.338 e. The number of carbonyl (C=O) groups excluding carboxylic acids is 2. The summed E-state index contributed by atoms with van der Waals surface area (Å²) in [5.41, 5.74) is 1.06. The molecule has 4 nitrogen and oxygen atoms in total. The van der Waals surface area contributed by atoms with E-state index in [4.69, 9.17) is 4.74 Å². The van der Waals surface area contributed by atoms with Crippen molar-refractivity contribution in [3.05, 3.63) is 24.3 Å². The van der Waals surface area contributed by atoms with Crippen LogP contribution < -0.4 is 0 Å². The lowest BCUT2D eigenvalue weighted by Crippen LogP contribution is -2.10. The number of carbonyl (C=O) groups is 2. The van der Waals surface area contributed by atoms with Crippen molar-refractivity contribution in [2.45, 2.75) is 45.3 Å². The lowest BCUT2D eigenvalue weighted by molar-refractivity contribution is -0.154. The molecule has 1 saturated heterocycles. The van der Waals surface area contributed by atoms with E-state index in [0.29, 0.717) is 6.42 Å². The largest absolute Gasteiger partial charge is 0.390 e. The van der Waals surface area contributed by atoms with Crippen LogP contribution in [0.15, 0.2) is 24.3 Å². The molecule has 94 valence electrons. The van der Waals surface area contributed by atoms with Gasteiger partial charge in [-0.05, 0) is 18.1 Å². The number of hydrogen-bond donors (Lipinski definition) is 0. The molecule has 0 bridgehead atoms. The molecule has 0 amide bonds. The lowest BCUT2D eigenvalue weighted by atomic mass is 10.1. The van der Waals surface area contributed by atoms with Gasteiger partial charge in [-0.2, -0.15) is 0 Å². The van der Waals surface area contributed by atoms with Gasteiger partial charge in [0.05, 0.1) is 12.2 Å². The minimum Gasteiger partial charge on any atom is -0.390 e. The summed E-state index contributed by atoms with van der Waals surface area (Å²) >= 11 is 0. The van der Waals surface area contributed by atoms with Gasteiger partial charge in [-0.25, -0.2) is 4.79 Å². The summed E-state index contributed by atoms with van der Waals surface area (Å²) in [6.45, 7) is 7.23. The summed E-state index contributed by atoms with van der Waals surface area (Å²) < 4.78 is 10.1. The van der Waals surface area contributed by atoms with Crippen LogP contribution in [0.25, 0.3) is 0 Å². The maximum atomic E-state index is 11.1. The highest BCUT2D eigenvalue weighted by atomic mass is 16.6. The van der Waals surface area contributed by atoms with E-state index in [2.05, 4.69) is 18.2 Å². The molecule has 4 heteroatoms. The molecule has 0 aromatic rings. The highest BCUT2D eigenvalue weighted by Crippen LogP contribution is 2.28. The van der Waals surface area contributed by atoms with E-state index in [1.807, 2.05) is 0 Å². The smallest absolute Gasteiger partial charge is 0.338 e. The fourth-order valence-corrected chi connectivity index (χ4v) is 1.75. The fourth-order valence-electron chi connectivity index (χ4n) is 1.75. The van der Waals surface area contributed by atoms with E-state index in [1.54, 1.807) is 6.08 Å². The Morgan fingerprint density at radius 2 is 2.29 bits per heavy atom. The van der Waals surface area contributed by atoms with Gasteiger partial charge in [0.15, 0.2) is 0 Å². The Balaban J connectivity index is 2.43. The Morgan fingerprint density at radius 1 is 1.59 bits per heavy atom. The second-order valence-corrected chi connectivity index (χ2v) is 4.09. The highest BCUT2D eigenvalue weighted by Gasteiger charge is 2.26. The fraction of sp³-hybridized carbons (Fsp3) is 0.538. The van der Waals surface area contributed by atoms with Crippen LogP contribution in [-0.4, -0.2) is 24.1 Å². The van der Waals surface area contributed by atoms with Gasteiger partial charge in [-0.1, -0.05) is 19.9 Å². The zero-order valence-corrected chi connectivity index (χ0v) is 10.3. The normalized spacial score (nSPS) is 24.2. The first-order valence-corrected chi connectivity index (χ1v) is 5.76. The third-order valence-corrected chi connectivity index (χ3v) is 2.50. The Morgan fingerprint density at radius 3 is 2.88 bits per heavy atom. The van der Waals surface area contributed by atoms with Crippen LogP contribution in [0.4, 0.5) is 0 Å². The van der Waals surface area contributed by atoms with Gasteiger partial charge < -0.3 is 9.47 Å². The van der Waals surface area contributed by atoms with Gasteiger partial charge in [0.2, 0.25) is 0 Å². The van der Waals surface area contributed by atoms with Crippen LogP contribution in [-0.2, 0) is 19.1 Å². The van der Waals surface area contributed by atoms with E-state index in [1.165, 1.54) is 13.0 Å². The molecule has 0 radical (unpaired) electrons. The first-order chi connectivity index (χ1) is 8.02. The maximum absolute atomic E-state index is 11.1. The zero-order valence-electron chi connectivity index (χ0n) is 10.3. The van der Waals surface area contributed by atoms with Crippen LogP contribution in [0.2, 0.25) is 0 Å². The van der Waals surface area contributed by atoms with E-state index in [-0.39, 0.29) is 12.2 Å². The third kappa shape index (κ3) is 4.53. The summed E-state index contributed by atoms with van der Waals surface area (Å²) in [4.78, 5) is 21.6. The van der Waals surface area contributed by atoms with Crippen molar-refractivity contribution in [1.82, 2.24) is 0 Å². The standard InChI is InChI=1S/C13H18O4/c1-4-5-12-9(2)8-11(17-12)6-7-13(15)16-10(3)14/h6-7,11-12H,2,4-5,8H2,1,3H3/b7-6+/t11?,12-/m0/s1. The molecule has 1 aliphatic heterocycles. The average molecular weight is 238 g/mol. The van der Waals surface area contributed by atoms with Gasteiger partial charge >= 0.3 is 11.9 Å². The van der Waals surface area contributed by atoms with E-state index >= 15 is 0 Å². The molecule has 0 aliphatic carbocycles. The van der Waals surface area contributed by atoms with Crippen LogP contribution >= 0.6 is 0 Å². The van der Waals surface area contributed by atoms with Gasteiger partial charge in [0.1, 0.15) is 0 Å². The third-order valence-electron chi connectivity index (χ3n) is 2.50. The van der Waals surface area contributed by atoms with Crippen molar-refractivity contribution < 1.29 is 19.1 Å². The lowest BCUT2D eigenvalue weighted by Gasteiger charge is -2.09. The minimum atomic E-state index is -0.661. The van der Waals surface area contributed by atoms with Crippen LogP contribution in [0.5, 0.6) is 0 Å². The summed E-state index contributed by atoms with van der Waals surface area (Å²) in [7, 11) is 0. The van der Waals surface area contributed by atoms with Crippen molar-refractivity contribution in [3.63, 3.8) is 0 Å². The Hall–Kier alpha value is -1.42. The van der Waals surface area contributed by atoms with Crippen molar-refractivity contribution in [2.75, 3.05) is 0 Å². The number of rotatable bonds is 4. The SMILES string of the molecule is C=C1CC(/C=C/C(=O)OC(C)=O)O[C@H]1CCC. The first-order valence-electron chi connectivity index (χ1n) is 5.76. The van der Waals surface area contributed by atoms with Crippen LogP contribution in [0.1, 0.15) is 33.1 Å².